The maximum Gasteiger partial charge on any atom is 0.242 e. The monoisotopic (exact) mass is 425 g/mol. The van der Waals surface area contributed by atoms with Crippen LogP contribution in [0.15, 0.2) is 18.3 Å². The first-order chi connectivity index (χ1) is 13.8. The summed E-state index contributed by atoms with van der Waals surface area (Å²) in [6, 6.07) is 3.11. The first kappa shape index (κ1) is 20.0. The average Bonchev–Trinajstić information content (AvgIpc) is 3.10. The van der Waals surface area contributed by atoms with Gasteiger partial charge in [-0.05, 0) is 31.2 Å². The molecule has 0 amide bonds. The number of alkyl halides is 3. The van der Waals surface area contributed by atoms with E-state index in [4.69, 9.17) is 0 Å². The number of benzene rings is 1. The summed E-state index contributed by atoms with van der Waals surface area (Å²) in [5, 5.41) is 18.6. The predicted molar refractivity (Wildman–Crippen MR) is 107 cm³/mol. The predicted octanol–water partition coefficient (Wildman–Crippen LogP) is 3.76. The van der Waals surface area contributed by atoms with Crippen molar-refractivity contribution in [3.8, 4) is 11.4 Å². The maximum atomic E-state index is 13.8. The van der Waals surface area contributed by atoms with Crippen LogP contribution in [0.3, 0.4) is 0 Å². The van der Waals surface area contributed by atoms with Gasteiger partial charge in [0.2, 0.25) is 6.43 Å². The van der Waals surface area contributed by atoms with Crippen LogP contribution in [0.2, 0.25) is 0 Å². The number of hydrogen-bond acceptors (Lipinski definition) is 6. The molecule has 3 heterocycles. The van der Waals surface area contributed by atoms with E-state index in [-0.39, 0.29) is 17.5 Å². The molecular formula is C19H22F3N5OS. The van der Waals surface area contributed by atoms with Crippen molar-refractivity contribution < 1.29 is 18.3 Å². The first-order valence-corrected chi connectivity index (χ1v) is 10.2. The van der Waals surface area contributed by atoms with Crippen molar-refractivity contribution in [1.29, 1.82) is 0 Å². The number of nitrogens with one attached hydrogen (secondary N) is 1. The summed E-state index contributed by atoms with van der Waals surface area (Å²) < 4.78 is 41.9. The molecule has 1 fully saturated rings. The number of piperidine rings is 1. The normalized spacial score (nSPS) is 20.6. The number of phenolic OH excluding ortho intramolecular Hbond substituents is 1. The molecule has 0 aliphatic carbocycles. The molecule has 0 saturated carbocycles. The number of fused-ring (bicyclic) bond motifs is 1. The van der Waals surface area contributed by atoms with E-state index in [9.17, 15) is 18.3 Å². The van der Waals surface area contributed by atoms with Crippen LogP contribution < -0.4 is 5.32 Å². The van der Waals surface area contributed by atoms with Crippen molar-refractivity contribution in [2.24, 2.45) is 0 Å². The highest BCUT2D eigenvalue weighted by atomic mass is 32.1. The van der Waals surface area contributed by atoms with Crippen molar-refractivity contribution in [3.05, 3.63) is 29.5 Å². The van der Waals surface area contributed by atoms with Crippen LogP contribution in [0.5, 0.6) is 5.75 Å². The Morgan fingerprint density at radius 1 is 1.34 bits per heavy atom. The molecule has 156 valence electrons. The lowest BCUT2D eigenvalue weighted by Crippen LogP contribution is -2.45. The Balaban J connectivity index is 1.61. The Labute approximate surface area is 170 Å². The van der Waals surface area contributed by atoms with Crippen LogP contribution in [-0.2, 0) is 6.42 Å². The van der Waals surface area contributed by atoms with Gasteiger partial charge in [0.1, 0.15) is 17.6 Å². The third-order valence-electron chi connectivity index (χ3n) is 4.90. The van der Waals surface area contributed by atoms with E-state index in [0.717, 1.165) is 11.2 Å². The van der Waals surface area contributed by atoms with E-state index in [0.29, 0.717) is 34.9 Å². The second kappa shape index (κ2) is 7.83. The lowest BCUT2D eigenvalue weighted by Gasteiger charge is -2.32. The summed E-state index contributed by atoms with van der Waals surface area (Å²) in [6.07, 6.45) is -1.79. The number of aryl methyl sites for hydroxylation is 1. The third-order valence-corrected chi connectivity index (χ3v) is 5.81. The Hall–Kier alpha value is -2.33. The van der Waals surface area contributed by atoms with Gasteiger partial charge in [-0.1, -0.05) is 17.4 Å². The standard InChI is InChI=1S/C19H22F3N5OS/c1-10-3-11(5-16(21)22)17(14(28)4-10)27-9-15-18(25-27)24-19(29-15)23-13-6-12(20)7-26(2)8-13/h3-4,9,12-13,16,28H,5-8H2,1-2H3,(H,23,24,25)/t12-,13-/m1/s1. The Morgan fingerprint density at radius 2 is 2.14 bits per heavy atom. The van der Waals surface area contributed by atoms with Crippen LogP contribution in [0.25, 0.3) is 16.0 Å². The molecule has 0 radical (unpaired) electrons. The topological polar surface area (TPSA) is 66.2 Å². The number of nitrogens with zero attached hydrogens (tertiary/aromatic N) is 4. The van der Waals surface area contributed by atoms with Gasteiger partial charge in [0.05, 0.1) is 10.9 Å². The van der Waals surface area contributed by atoms with E-state index in [1.165, 1.54) is 22.1 Å². The molecule has 10 heteroatoms. The van der Waals surface area contributed by atoms with Crippen LogP contribution in [-0.4, -0.2) is 63.5 Å². The zero-order valence-electron chi connectivity index (χ0n) is 16.1. The number of aromatic nitrogens is 3. The van der Waals surface area contributed by atoms with Crippen LogP contribution >= 0.6 is 11.3 Å². The maximum absolute atomic E-state index is 13.8. The third kappa shape index (κ3) is 4.32. The number of hydrogen-bond donors (Lipinski definition) is 2. The number of phenols is 1. The molecule has 4 rings (SSSR count). The van der Waals surface area contributed by atoms with Crippen LogP contribution in [0, 0.1) is 6.92 Å². The van der Waals surface area contributed by atoms with Gasteiger partial charge in [-0.15, -0.1) is 5.10 Å². The highest BCUT2D eigenvalue weighted by Crippen LogP contribution is 2.32. The van der Waals surface area contributed by atoms with Gasteiger partial charge in [0.15, 0.2) is 10.8 Å². The van der Waals surface area contributed by atoms with E-state index >= 15 is 0 Å². The number of halogens is 3. The lowest BCUT2D eigenvalue weighted by molar-refractivity contribution is 0.149. The molecule has 3 aromatic rings. The largest absolute Gasteiger partial charge is 0.506 e. The number of rotatable bonds is 5. The number of likely N-dealkylation sites (tertiary alicyclic amines) is 1. The molecule has 1 aliphatic heterocycles. The molecule has 0 spiro atoms. The molecule has 2 atom stereocenters. The van der Waals surface area contributed by atoms with Gasteiger partial charge in [0.25, 0.3) is 0 Å². The second-order valence-corrected chi connectivity index (χ2v) is 8.59. The van der Waals surface area contributed by atoms with E-state index in [2.05, 4.69) is 15.4 Å². The Kier molecular flexibility index (Phi) is 5.39. The molecule has 0 unspecified atom stereocenters. The fourth-order valence-electron chi connectivity index (χ4n) is 3.84. The second-order valence-electron chi connectivity index (χ2n) is 7.56. The average molecular weight is 425 g/mol. The number of likely N-dealkylation sites (N-methyl/N-ethyl adjacent to an activating group) is 1. The Bertz CT molecular complexity index is 979. The van der Waals surface area contributed by atoms with Crippen LogP contribution in [0.1, 0.15) is 17.5 Å². The Morgan fingerprint density at radius 3 is 2.83 bits per heavy atom. The minimum atomic E-state index is -2.53. The molecule has 2 N–H and O–H groups in total. The molecule has 29 heavy (non-hydrogen) atoms. The summed E-state index contributed by atoms with van der Waals surface area (Å²) in [6.45, 7) is 2.90. The molecule has 1 aromatic carbocycles. The van der Waals surface area contributed by atoms with E-state index in [1.807, 2.05) is 11.9 Å². The van der Waals surface area contributed by atoms with Gasteiger partial charge in [0, 0.05) is 32.0 Å². The number of anilines is 1. The van der Waals surface area contributed by atoms with Gasteiger partial charge in [-0.3, -0.25) is 0 Å². The van der Waals surface area contributed by atoms with Crippen molar-refractivity contribution in [3.63, 3.8) is 0 Å². The van der Waals surface area contributed by atoms with Gasteiger partial charge >= 0.3 is 0 Å². The number of aromatic hydroxyl groups is 1. The van der Waals surface area contributed by atoms with Gasteiger partial charge in [-0.2, -0.15) is 4.98 Å². The summed E-state index contributed by atoms with van der Waals surface area (Å²) in [5.41, 5.74) is 1.71. The molecule has 0 bridgehead atoms. The van der Waals surface area contributed by atoms with Crippen molar-refractivity contribution >= 4 is 26.8 Å². The van der Waals surface area contributed by atoms with Crippen molar-refractivity contribution in [2.75, 3.05) is 25.5 Å². The SMILES string of the molecule is Cc1cc(O)c(-n2cc3sc(N[C@@H]4C[C@@H](F)CN(C)C4)nc3n2)c(CC(F)F)c1. The summed E-state index contributed by atoms with van der Waals surface area (Å²) >= 11 is 1.36. The fraction of sp³-hybridized carbons (Fsp3) is 0.474. The molecule has 2 aromatic heterocycles. The van der Waals surface area contributed by atoms with Crippen molar-refractivity contribution in [1.82, 2.24) is 19.7 Å². The summed E-state index contributed by atoms with van der Waals surface area (Å²) in [5.74, 6) is -0.103. The summed E-state index contributed by atoms with van der Waals surface area (Å²) in [7, 11) is 1.88. The fourth-order valence-corrected chi connectivity index (χ4v) is 4.74. The zero-order chi connectivity index (χ0) is 20.7. The first-order valence-electron chi connectivity index (χ1n) is 9.35. The molecule has 1 saturated heterocycles. The van der Waals surface area contributed by atoms with Crippen molar-refractivity contribution in [2.45, 2.75) is 38.4 Å². The van der Waals surface area contributed by atoms with Crippen LogP contribution in [0.4, 0.5) is 18.3 Å². The molecular weight excluding hydrogens is 403 g/mol. The lowest BCUT2D eigenvalue weighted by atomic mass is 10.1. The van der Waals surface area contributed by atoms with Gasteiger partial charge < -0.3 is 15.3 Å². The number of thiazole rings is 1. The smallest absolute Gasteiger partial charge is 0.242 e. The minimum Gasteiger partial charge on any atom is -0.506 e. The molecule has 6 nitrogen and oxygen atoms in total. The highest BCUT2D eigenvalue weighted by molar-refractivity contribution is 7.22. The highest BCUT2D eigenvalue weighted by Gasteiger charge is 2.26. The van der Waals surface area contributed by atoms with E-state index in [1.54, 1.807) is 19.2 Å². The quantitative estimate of drug-likeness (QED) is 0.652. The van der Waals surface area contributed by atoms with E-state index < -0.39 is 19.0 Å². The van der Waals surface area contributed by atoms with Gasteiger partial charge in [-0.25, -0.2) is 17.9 Å². The molecule has 1 aliphatic rings. The zero-order valence-corrected chi connectivity index (χ0v) is 16.9. The summed E-state index contributed by atoms with van der Waals surface area (Å²) in [4.78, 5) is 6.39. The minimum absolute atomic E-state index is 0.0371.